The van der Waals surface area contributed by atoms with Gasteiger partial charge in [0.05, 0.1) is 11.8 Å². The van der Waals surface area contributed by atoms with Crippen molar-refractivity contribution in [3.05, 3.63) is 35.6 Å². The highest BCUT2D eigenvalue weighted by atomic mass is 19.1. The molecular weight excluding hydrogens is 285 g/mol. The third kappa shape index (κ3) is 2.85. The molecule has 1 saturated heterocycles. The summed E-state index contributed by atoms with van der Waals surface area (Å²) >= 11 is 0. The molecule has 1 saturated carbocycles. The Morgan fingerprint density at radius 2 is 2.00 bits per heavy atom. The van der Waals surface area contributed by atoms with E-state index >= 15 is 0 Å². The molecule has 5 heteroatoms. The summed E-state index contributed by atoms with van der Waals surface area (Å²) in [6.45, 7) is 0.682. The van der Waals surface area contributed by atoms with E-state index in [2.05, 4.69) is 0 Å². The highest BCUT2D eigenvalue weighted by molar-refractivity contribution is 5.86. The van der Waals surface area contributed by atoms with Gasteiger partial charge in [0.2, 0.25) is 5.91 Å². The molecule has 3 unspecified atom stereocenters. The van der Waals surface area contributed by atoms with E-state index in [1.165, 1.54) is 12.1 Å². The number of likely N-dealkylation sites (tertiary alicyclic amines) is 1. The Hall–Kier alpha value is -1.91. The summed E-state index contributed by atoms with van der Waals surface area (Å²) in [4.78, 5) is 25.5. The lowest BCUT2D eigenvalue weighted by atomic mass is 9.73. The molecule has 4 nitrogen and oxygen atoms in total. The van der Waals surface area contributed by atoms with Crippen molar-refractivity contribution >= 4 is 11.9 Å². The van der Waals surface area contributed by atoms with Crippen LogP contribution in [0.1, 0.15) is 31.2 Å². The molecule has 1 aliphatic heterocycles. The van der Waals surface area contributed by atoms with Crippen LogP contribution in [0.3, 0.4) is 0 Å². The number of carboxylic acid groups (broad SMARTS) is 1. The van der Waals surface area contributed by atoms with E-state index in [-0.39, 0.29) is 23.7 Å². The van der Waals surface area contributed by atoms with Gasteiger partial charge < -0.3 is 10.0 Å². The lowest BCUT2D eigenvalue weighted by molar-refractivity contribution is -0.157. The average Bonchev–Trinajstić information content (AvgIpc) is 2.84. The Morgan fingerprint density at radius 1 is 1.23 bits per heavy atom. The fourth-order valence-corrected chi connectivity index (χ4v) is 3.58. The number of hydrogen-bond acceptors (Lipinski definition) is 2. The zero-order valence-electron chi connectivity index (χ0n) is 12.4. The maximum absolute atomic E-state index is 13.3. The fourth-order valence-electron chi connectivity index (χ4n) is 3.58. The number of nitrogens with zero attached hydrogens (tertiary/aromatic N) is 1. The van der Waals surface area contributed by atoms with Crippen molar-refractivity contribution in [1.82, 2.24) is 4.90 Å². The molecule has 1 heterocycles. The zero-order valence-corrected chi connectivity index (χ0v) is 12.4. The van der Waals surface area contributed by atoms with Gasteiger partial charge in [-0.2, -0.15) is 0 Å². The fraction of sp³-hybridized carbons (Fsp3) is 0.529. The van der Waals surface area contributed by atoms with Crippen molar-refractivity contribution in [2.24, 2.45) is 11.8 Å². The Balaban J connectivity index is 1.68. The van der Waals surface area contributed by atoms with Crippen LogP contribution in [0.25, 0.3) is 0 Å². The number of rotatable bonds is 4. The smallest absolute Gasteiger partial charge is 0.307 e. The second-order valence-electron chi connectivity index (χ2n) is 6.29. The van der Waals surface area contributed by atoms with E-state index in [0.29, 0.717) is 25.8 Å². The van der Waals surface area contributed by atoms with Gasteiger partial charge in [-0.15, -0.1) is 0 Å². The normalized spacial score (nSPS) is 27.5. The summed E-state index contributed by atoms with van der Waals surface area (Å²) in [5.74, 6) is -2.06. The van der Waals surface area contributed by atoms with E-state index < -0.39 is 11.9 Å². The van der Waals surface area contributed by atoms with Gasteiger partial charge in [-0.05, 0) is 49.8 Å². The number of carbonyl (C=O) groups excluding carboxylic acids is 1. The van der Waals surface area contributed by atoms with Gasteiger partial charge in [0.25, 0.3) is 0 Å². The van der Waals surface area contributed by atoms with Crippen LogP contribution in [0.4, 0.5) is 4.39 Å². The van der Waals surface area contributed by atoms with Crippen LogP contribution < -0.4 is 0 Å². The first kappa shape index (κ1) is 15.0. The molecule has 118 valence electrons. The van der Waals surface area contributed by atoms with Crippen molar-refractivity contribution in [3.63, 3.8) is 0 Å². The average molecular weight is 305 g/mol. The van der Waals surface area contributed by atoms with Crippen molar-refractivity contribution in [2.45, 2.75) is 38.1 Å². The van der Waals surface area contributed by atoms with Crippen LogP contribution in [0.5, 0.6) is 0 Å². The van der Waals surface area contributed by atoms with Crippen LogP contribution in [0.15, 0.2) is 24.3 Å². The lowest BCUT2D eigenvalue weighted by Crippen LogP contribution is -2.48. The monoisotopic (exact) mass is 305 g/mol. The summed E-state index contributed by atoms with van der Waals surface area (Å²) in [7, 11) is 0. The first-order valence-electron chi connectivity index (χ1n) is 7.84. The Kier molecular flexibility index (Phi) is 4.14. The van der Waals surface area contributed by atoms with Crippen molar-refractivity contribution in [1.29, 1.82) is 0 Å². The maximum Gasteiger partial charge on any atom is 0.307 e. The van der Waals surface area contributed by atoms with Crippen molar-refractivity contribution in [2.75, 3.05) is 6.54 Å². The summed E-state index contributed by atoms with van der Waals surface area (Å²) in [6.07, 6.45) is 3.71. The predicted molar refractivity (Wildman–Crippen MR) is 78.7 cm³/mol. The van der Waals surface area contributed by atoms with Gasteiger partial charge in [-0.25, -0.2) is 4.39 Å². The van der Waals surface area contributed by atoms with Gasteiger partial charge >= 0.3 is 5.97 Å². The van der Waals surface area contributed by atoms with Gasteiger partial charge in [0.1, 0.15) is 5.82 Å². The lowest BCUT2D eigenvalue weighted by Gasteiger charge is -2.37. The predicted octanol–water partition coefficient (Wildman–Crippen LogP) is 2.47. The molecule has 22 heavy (non-hydrogen) atoms. The molecular formula is C17H20FNO3. The summed E-state index contributed by atoms with van der Waals surface area (Å²) in [6, 6.07) is 6.52. The minimum atomic E-state index is -0.870. The molecule has 1 aliphatic carbocycles. The number of halogens is 1. The summed E-state index contributed by atoms with van der Waals surface area (Å²) in [5, 5.41) is 9.11. The SMILES string of the molecule is O=C(O)C1CCC1C(=O)N1CCCC1Cc1cccc(F)c1. The first-order chi connectivity index (χ1) is 10.6. The minimum absolute atomic E-state index is 0.0300. The van der Waals surface area contributed by atoms with Gasteiger partial charge in [-0.1, -0.05) is 12.1 Å². The third-order valence-electron chi connectivity index (χ3n) is 4.93. The number of hydrogen-bond donors (Lipinski definition) is 1. The van der Waals surface area contributed by atoms with Crippen LogP contribution in [-0.4, -0.2) is 34.5 Å². The molecule has 0 aromatic heterocycles. The molecule has 3 rings (SSSR count). The number of aliphatic carboxylic acids is 1. The van der Waals surface area contributed by atoms with Crippen molar-refractivity contribution < 1.29 is 19.1 Å². The molecule has 1 N–H and O–H groups in total. The van der Waals surface area contributed by atoms with Crippen LogP contribution in [0, 0.1) is 17.7 Å². The summed E-state index contributed by atoms with van der Waals surface area (Å²) in [5.41, 5.74) is 0.882. The second kappa shape index (κ2) is 6.07. The molecule has 1 amide bonds. The van der Waals surface area contributed by atoms with Crippen molar-refractivity contribution in [3.8, 4) is 0 Å². The molecule has 3 atom stereocenters. The van der Waals surface area contributed by atoms with Crippen LogP contribution in [-0.2, 0) is 16.0 Å². The molecule has 2 fully saturated rings. The molecule has 2 aliphatic rings. The third-order valence-corrected chi connectivity index (χ3v) is 4.93. The van der Waals surface area contributed by atoms with E-state index in [4.69, 9.17) is 5.11 Å². The van der Waals surface area contributed by atoms with Gasteiger partial charge in [0.15, 0.2) is 0 Å². The molecule has 0 radical (unpaired) electrons. The Labute approximate surface area is 128 Å². The minimum Gasteiger partial charge on any atom is -0.481 e. The quantitative estimate of drug-likeness (QED) is 0.929. The highest BCUT2D eigenvalue weighted by Gasteiger charge is 2.45. The zero-order chi connectivity index (χ0) is 15.7. The van der Waals surface area contributed by atoms with Crippen LogP contribution >= 0.6 is 0 Å². The summed E-state index contributed by atoms with van der Waals surface area (Å²) < 4.78 is 13.3. The Morgan fingerprint density at radius 3 is 2.64 bits per heavy atom. The Bertz CT molecular complexity index is 589. The van der Waals surface area contributed by atoms with E-state index in [0.717, 1.165) is 18.4 Å². The molecule has 0 bridgehead atoms. The van der Waals surface area contributed by atoms with E-state index in [1.807, 2.05) is 11.0 Å². The topological polar surface area (TPSA) is 57.6 Å². The number of benzene rings is 1. The first-order valence-corrected chi connectivity index (χ1v) is 7.84. The maximum atomic E-state index is 13.3. The van der Waals surface area contributed by atoms with Crippen LogP contribution in [0.2, 0.25) is 0 Å². The number of carboxylic acids is 1. The van der Waals surface area contributed by atoms with E-state index in [1.54, 1.807) is 6.07 Å². The standard InChI is InChI=1S/C17H20FNO3/c18-12-4-1-3-11(9-12)10-13-5-2-8-19(13)16(20)14-6-7-15(14)17(21)22/h1,3-4,9,13-15H,2,5-8,10H2,(H,21,22). The van der Waals surface area contributed by atoms with Gasteiger partial charge in [-0.3, -0.25) is 9.59 Å². The second-order valence-corrected chi connectivity index (χ2v) is 6.29. The van der Waals surface area contributed by atoms with E-state index in [9.17, 15) is 14.0 Å². The highest BCUT2D eigenvalue weighted by Crippen LogP contribution is 2.37. The van der Waals surface area contributed by atoms with Gasteiger partial charge in [0, 0.05) is 12.6 Å². The molecule has 0 spiro atoms. The number of carbonyl (C=O) groups is 2. The number of amides is 1. The molecule has 1 aromatic carbocycles. The largest absolute Gasteiger partial charge is 0.481 e. The molecule has 1 aromatic rings.